The van der Waals surface area contributed by atoms with Gasteiger partial charge in [-0.05, 0) is 43.2 Å². The number of imidazole rings is 1. The number of hydrogen-bond acceptors (Lipinski definition) is 4. The van der Waals surface area contributed by atoms with Crippen LogP contribution in [0.15, 0.2) is 58.4 Å². The SMILES string of the molecule is CN=C(NCCc1ccc(S(C)(=O)=O)cc1)NCCn1c(C)nc2ccccc21. The molecule has 0 amide bonds. The number of guanidine groups is 1. The van der Waals surface area contributed by atoms with Crippen LogP contribution in [0.3, 0.4) is 0 Å². The van der Waals surface area contributed by atoms with Crippen molar-refractivity contribution in [2.45, 2.75) is 24.8 Å². The summed E-state index contributed by atoms with van der Waals surface area (Å²) in [4.78, 5) is 9.19. The van der Waals surface area contributed by atoms with Crippen molar-refractivity contribution in [3.8, 4) is 0 Å². The highest BCUT2D eigenvalue weighted by atomic mass is 32.2. The average molecular weight is 414 g/mol. The summed E-state index contributed by atoms with van der Waals surface area (Å²) < 4.78 is 25.2. The van der Waals surface area contributed by atoms with Gasteiger partial charge in [-0.3, -0.25) is 4.99 Å². The van der Waals surface area contributed by atoms with Gasteiger partial charge in [0.15, 0.2) is 15.8 Å². The summed E-state index contributed by atoms with van der Waals surface area (Å²) in [6, 6.07) is 15.1. The lowest BCUT2D eigenvalue weighted by atomic mass is 10.1. The van der Waals surface area contributed by atoms with E-state index in [1.54, 1.807) is 19.2 Å². The molecular weight excluding hydrogens is 386 g/mol. The maximum absolute atomic E-state index is 11.5. The highest BCUT2D eigenvalue weighted by Gasteiger charge is 2.07. The highest BCUT2D eigenvalue weighted by molar-refractivity contribution is 7.90. The van der Waals surface area contributed by atoms with E-state index in [2.05, 4.69) is 31.2 Å². The summed E-state index contributed by atoms with van der Waals surface area (Å²) >= 11 is 0. The van der Waals surface area contributed by atoms with E-state index in [9.17, 15) is 8.42 Å². The van der Waals surface area contributed by atoms with Gasteiger partial charge in [-0.2, -0.15) is 0 Å². The lowest BCUT2D eigenvalue weighted by Crippen LogP contribution is -2.39. The number of aryl methyl sites for hydroxylation is 1. The Morgan fingerprint density at radius 1 is 1.07 bits per heavy atom. The van der Waals surface area contributed by atoms with Crippen LogP contribution in [0.25, 0.3) is 11.0 Å². The monoisotopic (exact) mass is 413 g/mol. The van der Waals surface area contributed by atoms with Gasteiger partial charge in [0.1, 0.15) is 5.82 Å². The van der Waals surface area contributed by atoms with Crippen LogP contribution in [-0.4, -0.2) is 50.3 Å². The Labute approximate surface area is 171 Å². The Kier molecular flexibility index (Phi) is 6.53. The van der Waals surface area contributed by atoms with E-state index in [1.807, 2.05) is 37.3 Å². The van der Waals surface area contributed by atoms with Crippen molar-refractivity contribution in [2.75, 3.05) is 26.4 Å². The van der Waals surface area contributed by atoms with Gasteiger partial charge >= 0.3 is 0 Å². The zero-order valence-corrected chi connectivity index (χ0v) is 17.8. The minimum absolute atomic E-state index is 0.342. The van der Waals surface area contributed by atoms with Crippen molar-refractivity contribution in [3.63, 3.8) is 0 Å². The summed E-state index contributed by atoms with van der Waals surface area (Å²) in [5.41, 5.74) is 3.21. The number of para-hydroxylation sites is 2. The molecule has 0 aliphatic heterocycles. The fourth-order valence-corrected chi connectivity index (χ4v) is 3.84. The maximum atomic E-state index is 11.5. The van der Waals surface area contributed by atoms with Crippen LogP contribution in [0.5, 0.6) is 0 Å². The highest BCUT2D eigenvalue weighted by Crippen LogP contribution is 2.14. The van der Waals surface area contributed by atoms with Crippen LogP contribution in [0.4, 0.5) is 0 Å². The molecule has 8 heteroatoms. The number of rotatable bonds is 7. The molecule has 0 aliphatic carbocycles. The molecule has 0 aliphatic rings. The minimum atomic E-state index is -3.15. The first-order valence-corrected chi connectivity index (χ1v) is 11.4. The molecule has 0 atom stereocenters. The predicted octanol–water partition coefficient (Wildman–Crippen LogP) is 2.16. The van der Waals surface area contributed by atoms with Gasteiger partial charge in [0.2, 0.25) is 0 Å². The first-order chi connectivity index (χ1) is 13.9. The van der Waals surface area contributed by atoms with Gasteiger partial charge in [0.25, 0.3) is 0 Å². The first-order valence-electron chi connectivity index (χ1n) is 9.54. The van der Waals surface area contributed by atoms with Crippen LogP contribution in [0.2, 0.25) is 0 Å². The normalized spacial score (nSPS) is 12.3. The molecule has 0 saturated carbocycles. The summed E-state index contributed by atoms with van der Waals surface area (Å²) in [6.07, 6.45) is 1.99. The molecule has 0 saturated heterocycles. The van der Waals surface area contributed by atoms with Crippen LogP contribution < -0.4 is 10.6 Å². The molecule has 3 rings (SSSR count). The van der Waals surface area contributed by atoms with E-state index in [0.717, 1.165) is 47.9 Å². The smallest absolute Gasteiger partial charge is 0.191 e. The van der Waals surface area contributed by atoms with Gasteiger partial charge in [-0.1, -0.05) is 24.3 Å². The number of aliphatic imine (C=N–C) groups is 1. The van der Waals surface area contributed by atoms with Gasteiger partial charge in [-0.15, -0.1) is 0 Å². The van der Waals surface area contributed by atoms with E-state index in [-0.39, 0.29) is 0 Å². The molecule has 0 bridgehead atoms. The fraction of sp³-hybridized carbons (Fsp3) is 0.333. The second-order valence-electron chi connectivity index (χ2n) is 6.89. The molecule has 7 nitrogen and oxygen atoms in total. The van der Waals surface area contributed by atoms with E-state index >= 15 is 0 Å². The van der Waals surface area contributed by atoms with E-state index in [4.69, 9.17) is 0 Å². The second kappa shape index (κ2) is 9.09. The van der Waals surface area contributed by atoms with E-state index in [1.165, 1.54) is 6.26 Å². The summed E-state index contributed by atoms with van der Waals surface area (Å²) in [5, 5.41) is 6.62. The zero-order chi connectivity index (χ0) is 20.9. The topological polar surface area (TPSA) is 88.4 Å². The standard InChI is InChI=1S/C21H27N5O2S/c1-16-25-19-6-4-5-7-20(19)26(16)15-14-24-21(22-2)23-13-12-17-8-10-18(11-9-17)29(3,27)28/h4-11H,12-15H2,1-3H3,(H2,22,23,24). The fourth-order valence-electron chi connectivity index (χ4n) is 3.21. The van der Waals surface area contributed by atoms with Gasteiger partial charge < -0.3 is 15.2 Å². The number of sulfone groups is 1. The van der Waals surface area contributed by atoms with Crippen molar-refractivity contribution in [1.82, 2.24) is 20.2 Å². The van der Waals surface area contributed by atoms with Gasteiger partial charge in [-0.25, -0.2) is 13.4 Å². The molecule has 1 aromatic heterocycles. The third-order valence-corrected chi connectivity index (χ3v) is 5.88. The van der Waals surface area contributed by atoms with Gasteiger partial charge in [0, 0.05) is 32.9 Å². The second-order valence-corrected chi connectivity index (χ2v) is 8.91. The first kappa shape index (κ1) is 20.9. The molecule has 29 heavy (non-hydrogen) atoms. The van der Waals surface area contributed by atoms with E-state index in [0.29, 0.717) is 11.4 Å². The Morgan fingerprint density at radius 3 is 2.45 bits per heavy atom. The Hall–Kier alpha value is -2.87. The molecule has 2 aromatic carbocycles. The van der Waals surface area contributed by atoms with Crippen molar-refractivity contribution >= 4 is 26.8 Å². The average Bonchev–Trinajstić information content (AvgIpc) is 3.02. The van der Waals surface area contributed by atoms with Crippen molar-refractivity contribution < 1.29 is 8.42 Å². The number of nitrogens with one attached hydrogen (secondary N) is 2. The molecule has 0 unspecified atom stereocenters. The lowest BCUT2D eigenvalue weighted by Gasteiger charge is -2.13. The lowest BCUT2D eigenvalue weighted by molar-refractivity contribution is 0.602. The summed E-state index contributed by atoms with van der Waals surface area (Å²) in [6.45, 7) is 4.23. The third-order valence-electron chi connectivity index (χ3n) is 4.75. The van der Waals surface area contributed by atoms with Crippen LogP contribution in [0, 0.1) is 6.92 Å². The zero-order valence-electron chi connectivity index (χ0n) is 17.0. The molecule has 2 N–H and O–H groups in total. The third kappa shape index (κ3) is 5.35. The van der Waals surface area contributed by atoms with Gasteiger partial charge in [0.05, 0.1) is 15.9 Å². The molecule has 0 radical (unpaired) electrons. The Bertz CT molecular complexity index is 1100. The van der Waals surface area contributed by atoms with Crippen LogP contribution >= 0.6 is 0 Å². The number of nitrogens with zero attached hydrogens (tertiary/aromatic N) is 3. The number of fused-ring (bicyclic) bond motifs is 1. The number of aromatic nitrogens is 2. The molecule has 0 fully saturated rings. The summed E-state index contributed by atoms with van der Waals surface area (Å²) in [7, 11) is -1.41. The molecule has 0 spiro atoms. The van der Waals surface area contributed by atoms with Crippen molar-refractivity contribution in [3.05, 3.63) is 59.9 Å². The quantitative estimate of drug-likeness (QED) is 0.458. The van der Waals surface area contributed by atoms with Crippen LogP contribution in [-0.2, 0) is 22.8 Å². The largest absolute Gasteiger partial charge is 0.356 e. The van der Waals surface area contributed by atoms with Crippen molar-refractivity contribution in [1.29, 1.82) is 0 Å². The summed E-state index contributed by atoms with van der Waals surface area (Å²) in [5.74, 6) is 1.73. The molecule has 154 valence electrons. The minimum Gasteiger partial charge on any atom is -0.356 e. The number of hydrogen-bond donors (Lipinski definition) is 2. The van der Waals surface area contributed by atoms with Crippen LogP contribution in [0.1, 0.15) is 11.4 Å². The molecular formula is C21H27N5O2S. The van der Waals surface area contributed by atoms with E-state index < -0.39 is 9.84 Å². The maximum Gasteiger partial charge on any atom is 0.191 e. The predicted molar refractivity (Wildman–Crippen MR) is 117 cm³/mol. The molecule has 3 aromatic rings. The van der Waals surface area contributed by atoms with Crippen molar-refractivity contribution in [2.24, 2.45) is 4.99 Å². The molecule has 1 heterocycles. The Morgan fingerprint density at radius 2 is 1.76 bits per heavy atom. The Balaban J connectivity index is 1.48. The number of benzene rings is 2.